The lowest BCUT2D eigenvalue weighted by Gasteiger charge is -2.09. The van der Waals surface area contributed by atoms with Crippen molar-refractivity contribution in [2.45, 2.75) is 39.0 Å². The van der Waals surface area contributed by atoms with E-state index in [0.717, 1.165) is 6.42 Å². The second-order valence-electron chi connectivity index (χ2n) is 3.92. The fraction of sp³-hybridized carbons (Fsp3) is 0.429. The molecule has 0 amide bonds. The average Bonchev–Trinajstić information content (AvgIpc) is 2.20. The maximum atomic E-state index is 3.77. The van der Waals surface area contributed by atoms with Gasteiger partial charge in [0.25, 0.3) is 0 Å². The number of hydrogen-bond donors (Lipinski definition) is 0. The van der Waals surface area contributed by atoms with Gasteiger partial charge in [0.1, 0.15) is 0 Å². The van der Waals surface area contributed by atoms with Crippen LogP contribution in [0.25, 0.3) is 0 Å². The van der Waals surface area contributed by atoms with E-state index < -0.39 is 0 Å². The molecule has 0 nitrogen and oxygen atoms in total. The first kappa shape index (κ1) is 11.0. The van der Waals surface area contributed by atoms with Gasteiger partial charge in [-0.2, -0.15) is 0 Å². The summed E-state index contributed by atoms with van der Waals surface area (Å²) in [6.07, 6.45) is 5.47. The highest BCUT2D eigenvalue weighted by atomic mass is 14.1. The highest BCUT2D eigenvalue weighted by Crippen LogP contribution is 2.19. The molecule has 1 rings (SSSR count). The monoisotopic (exact) mass is 188 g/mol. The van der Waals surface area contributed by atoms with Crippen molar-refractivity contribution >= 4 is 0 Å². The summed E-state index contributed by atoms with van der Waals surface area (Å²) in [4.78, 5) is 0. The number of rotatable bonds is 5. The molecule has 0 radical (unpaired) electrons. The van der Waals surface area contributed by atoms with E-state index in [0.29, 0.717) is 5.92 Å². The third kappa shape index (κ3) is 3.02. The van der Waals surface area contributed by atoms with Crippen molar-refractivity contribution in [3.05, 3.63) is 48.0 Å². The fourth-order valence-corrected chi connectivity index (χ4v) is 1.69. The molecule has 1 aromatic carbocycles. The van der Waals surface area contributed by atoms with Gasteiger partial charge >= 0.3 is 0 Å². The summed E-state index contributed by atoms with van der Waals surface area (Å²) in [6, 6.07) is 9.00. The Balaban J connectivity index is 2.67. The molecule has 0 heteroatoms. The lowest BCUT2D eigenvalue weighted by atomic mass is 9.96. The van der Waals surface area contributed by atoms with Gasteiger partial charge in [-0.3, -0.25) is 0 Å². The SMILES string of the molecule is C=CCC(C)c1ccc(CCC)cc1. The average molecular weight is 188 g/mol. The highest BCUT2D eigenvalue weighted by Gasteiger charge is 2.02. The first-order valence-electron chi connectivity index (χ1n) is 5.47. The Kier molecular flexibility index (Phi) is 4.45. The quantitative estimate of drug-likeness (QED) is 0.604. The molecule has 0 aliphatic rings. The molecule has 1 aromatic rings. The van der Waals surface area contributed by atoms with E-state index in [2.05, 4.69) is 44.7 Å². The molecule has 0 N–H and O–H groups in total. The summed E-state index contributed by atoms with van der Waals surface area (Å²) in [5, 5.41) is 0. The Morgan fingerprint density at radius 2 is 1.93 bits per heavy atom. The van der Waals surface area contributed by atoms with Gasteiger partial charge in [-0.15, -0.1) is 6.58 Å². The van der Waals surface area contributed by atoms with E-state index in [1.165, 1.54) is 24.0 Å². The number of allylic oxidation sites excluding steroid dienone is 1. The zero-order chi connectivity index (χ0) is 10.4. The van der Waals surface area contributed by atoms with Gasteiger partial charge in [-0.1, -0.05) is 50.6 Å². The molecule has 0 aliphatic carbocycles. The molecule has 14 heavy (non-hydrogen) atoms. The maximum absolute atomic E-state index is 3.77. The van der Waals surface area contributed by atoms with Crippen LogP contribution in [0.15, 0.2) is 36.9 Å². The smallest absolute Gasteiger partial charge is 0.0156 e. The zero-order valence-corrected chi connectivity index (χ0v) is 9.29. The molecule has 0 saturated heterocycles. The predicted molar refractivity (Wildman–Crippen MR) is 63.7 cm³/mol. The lowest BCUT2D eigenvalue weighted by Crippen LogP contribution is -1.92. The van der Waals surface area contributed by atoms with Crippen molar-refractivity contribution in [3.8, 4) is 0 Å². The minimum absolute atomic E-state index is 0.600. The molecule has 0 heterocycles. The molecule has 0 fully saturated rings. The van der Waals surface area contributed by atoms with Crippen LogP contribution in [-0.4, -0.2) is 0 Å². The van der Waals surface area contributed by atoms with Gasteiger partial charge in [-0.25, -0.2) is 0 Å². The van der Waals surface area contributed by atoms with Gasteiger partial charge in [0.2, 0.25) is 0 Å². The van der Waals surface area contributed by atoms with Crippen molar-refractivity contribution in [2.24, 2.45) is 0 Å². The number of aryl methyl sites for hydroxylation is 1. The van der Waals surface area contributed by atoms with Gasteiger partial charge < -0.3 is 0 Å². The third-order valence-corrected chi connectivity index (χ3v) is 2.61. The number of hydrogen-bond acceptors (Lipinski definition) is 0. The molecule has 1 unspecified atom stereocenters. The lowest BCUT2D eigenvalue weighted by molar-refractivity contribution is 0.780. The van der Waals surface area contributed by atoms with Crippen LogP contribution in [-0.2, 0) is 6.42 Å². The Bertz CT molecular complexity index is 269. The molecule has 0 saturated carbocycles. The summed E-state index contributed by atoms with van der Waals surface area (Å²) in [5.74, 6) is 0.600. The normalized spacial score (nSPS) is 12.4. The topological polar surface area (TPSA) is 0 Å². The Morgan fingerprint density at radius 3 is 2.43 bits per heavy atom. The van der Waals surface area contributed by atoms with Crippen molar-refractivity contribution < 1.29 is 0 Å². The standard InChI is InChI=1S/C14H20/c1-4-6-12(3)14-10-8-13(7-5-2)9-11-14/h4,8-12H,1,5-7H2,2-3H3. The molecule has 76 valence electrons. The van der Waals surface area contributed by atoms with Crippen LogP contribution < -0.4 is 0 Å². The predicted octanol–water partition coefficient (Wildman–Crippen LogP) is 4.32. The summed E-state index contributed by atoms with van der Waals surface area (Å²) in [6.45, 7) is 8.24. The third-order valence-electron chi connectivity index (χ3n) is 2.61. The van der Waals surface area contributed by atoms with E-state index in [1.54, 1.807) is 0 Å². The minimum Gasteiger partial charge on any atom is -0.103 e. The van der Waals surface area contributed by atoms with Crippen molar-refractivity contribution in [1.82, 2.24) is 0 Å². The zero-order valence-electron chi connectivity index (χ0n) is 9.29. The summed E-state index contributed by atoms with van der Waals surface area (Å²) in [7, 11) is 0. The van der Waals surface area contributed by atoms with Gasteiger partial charge in [0.05, 0.1) is 0 Å². The Morgan fingerprint density at radius 1 is 1.29 bits per heavy atom. The van der Waals surface area contributed by atoms with Crippen LogP contribution >= 0.6 is 0 Å². The molecule has 1 atom stereocenters. The molecule has 0 bridgehead atoms. The second kappa shape index (κ2) is 5.64. The van der Waals surface area contributed by atoms with Crippen LogP contribution in [0.5, 0.6) is 0 Å². The Hall–Kier alpha value is -1.04. The van der Waals surface area contributed by atoms with Crippen molar-refractivity contribution in [1.29, 1.82) is 0 Å². The van der Waals surface area contributed by atoms with E-state index in [9.17, 15) is 0 Å². The van der Waals surface area contributed by atoms with E-state index in [4.69, 9.17) is 0 Å². The van der Waals surface area contributed by atoms with Crippen LogP contribution in [0, 0.1) is 0 Å². The van der Waals surface area contributed by atoms with E-state index in [1.807, 2.05) is 6.08 Å². The van der Waals surface area contributed by atoms with Crippen molar-refractivity contribution in [2.75, 3.05) is 0 Å². The molecular formula is C14H20. The van der Waals surface area contributed by atoms with Gasteiger partial charge in [0.15, 0.2) is 0 Å². The van der Waals surface area contributed by atoms with E-state index >= 15 is 0 Å². The van der Waals surface area contributed by atoms with Crippen LogP contribution in [0.4, 0.5) is 0 Å². The Labute approximate surface area is 87.7 Å². The first-order chi connectivity index (χ1) is 6.77. The molecule has 0 spiro atoms. The minimum atomic E-state index is 0.600. The van der Waals surface area contributed by atoms with Gasteiger partial charge in [0, 0.05) is 0 Å². The number of benzene rings is 1. The van der Waals surface area contributed by atoms with Gasteiger partial charge in [-0.05, 0) is 29.9 Å². The fourth-order valence-electron chi connectivity index (χ4n) is 1.69. The van der Waals surface area contributed by atoms with Crippen LogP contribution in [0.3, 0.4) is 0 Å². The van der Waals surface area contributed by atoms with Crippen LogP contribution in [0.1, 0.15) is 43.7 Å². The molecular weight excluding hydrogens is 168 g/mol. The van der Waals surface area contributed by atoms with E-state index in [-0.39, 0.29) is 0 Å². The summed E-state index contributed by atoms with van der Waals surface area (Å²) in [5.41, 5.74) is 2.87. The van der Waals surface area contributed by atoms with Crippen LogP contribution in [0.2, 0.25) is 0 Å². The molecule has 0 aliphatic heterocycles. The molecule has 0 aromatic heterocycles. The first-order valence-corrected chi connectivity index (χ1v) is 5.47. The summed E-state index contributed by atoms with van der Waals surface area (Å²) >= 11 is 0. The summed E-state index contributed by atoms with van der Waals surface area (Å²) < 4.78 is 0. The second-order valence-corrected chi connectivity index (χ2v) is 3.92. The maximum Gasteiger partial charge on any atom is -0.0156 e. The van der Waals surface area contributed by atoms with Crippen molar-refractivity contribution in [3.63, 3.8) is 0 Å². The largest absolute Gasteiger partial charge is 0.103 e. The highest BCUT2D eigenvalue weighted by molar-refractivity contribution is 5.25.